The van der Waals surface area contributed by atoms with Gasteiger partial charge in [-0.2, -0.15) is 0 Å². The van der Waals surface area contributed by atoms with Crippen molar-refractivity contribution in [2.75, 3.05) is 0 Å². The van der Waals surface area contributed by atoms with Crippen LogP contribution in [0.2, 0.25) is 0 Å². The number of fused-ring (bicyclic) bond motifs is 14. The summed E-state index contributed by atoms with van der Waals surface area (Å²) in [5.74, 6) is 1.67. The fourth-order valence-corrected chi connectivity index (χ4v) is 9.91. The lowest BCUT2D eigenvalue weighted by Gasteiger charge is -2.12. The Bertz CT molecular complexity index is 3090. The Labute approximate surface area is 276 Å². The van der Waals surface area contributed by atoms with Gasteiger partial charge in [0.2, 0.25) is 0 Å². The van der Waals surface area contributed by atoms with E-state index in [9.17, 15) is 0 Å². The number of aromatic nitrogens is 3. The highest BCUT2D eigenvalue weighted by atomic mass is 32.1. The van der Waals surface area contributed by atoms with Crippen molar-refractivity contribution in [3.8, 4) is 17.2 Å². The summed E-state index contributed by atoms with van der Waals surface area (Å²) >= 11 is 3.66. The predicted octanol–water partition coefficient (Wildman–Crippen LogP) is 12.3. The molecule has 0 aliphatic carbocycles. The summed E-state index contributed by atoms with van der Waals surface area (Å²) in [6.07, 6.45) is 0. The summed E-state index contributed by atoms with van der Waals surface area (Å²) in [6.45, 7) is 0. The van der Waals surface area contributed by atoms with Gasteiger partial charge in [-0.3, -0.25) is 4.57 Å². The average molecular weight is 634 g/mol. The molecule has 4 aromatic heterocycles. The molecule has 0 saturated carbocycles. The second-order valence-electron chi connectivity index (χ2n) is 12.1. The van der Waals surface area contributed by atoms with Crippen LogP contribution in [0.1, 0.15) is 0 Å². The number of thiophene rings is 2. The van der Waals surface area contributed by atoms with Gasteiger partial charge in [0.15, 0.2) is 11.6 Å². The first-order valence-electron chi connectivity index (χ1n) is 15.8. The molecule has 3 nitrogen and oxygen atoms in total. The molecule has 0 unspecified atom stereocenters. The minimum Gasteiger partial charge on any atom is -0.291 e. The van der Waals surface area contributed by atoms with E-state index in [0.717, 1.165) is 38.3 Å². The number of hydrogen-bond donors (Lipinski definition) is 0. The van der Waals surface area contributed by atoms with Gasteiger partial charge in [-0.05, 0) is 45.8 Å². The summed E-state index contributed by atoms with van der Waals surface area (Å²) in [5.41, 5.74) is 4.38. The van der Waals surface area contributed by atoms with E-state index < -0.39 is 0 Å². The van der Waals surface area contributed by atoms with Crippen LogP contribution in [-0.2, 0) is 0 Å². The molecule has 11 rings (SSSR count). The third-order valence-corrected chi connectivity index (χ3v) is 11.9. The van der Waals surface area contributed by atoms with Crippen LogP contribution in [0.25, 0.3) is 101 Å². The molecule has 0 fully saturated rings. The molecule has 0 amide bonds. The maximum atomic E-state index is 5.52. The van der Waals surface area contributed by atoms with Crippen molar-refractivity contribution in [3.05, 3.63) is 140 Å². The van der Waals surface area contributed by atoms with Crippen LogP contribution in [-0.4, -0.2) is 14.5 Å². The summed E-state index contributed by atoms with van der Waals surface area (Å²) < 4.78 is 7.34. The molecular formula is C42H23N3S2. The highest BCUT2D eigenvalue weighted by Gasteiger charge is 2.25. The van der Waals surface area contributed by atoms with Crippen LogP contribution >= 0.6 is 22.7 Å². The molecule has 0 N–H and O–H groups in total. The van der Waals surface area contributed by atoms with E-state index in [2.05, 4.69) is 144 Å². The Kier molecular flexibility index (Phi) is 5.14. The highest BCUT2D eigenvalue weighted by Crippen LogP contribution is 2.49. The Morgan fingerprint density at radius 3 is 1.91 bits per heavy atom. The van der Waals surface area contributed by atoms with Crippen molar-refractivity contribution in [1.82, 2.24) is 14.5 Å². The zero-order valence-corrected chi connectivity index (χ0v) is 26.6. The van der Waals surface area contributed by atoms with Gasteiger partial charge < -0.3 is 0 Å². The lowest BCUT2D eigenvalue weighted by atomic mass is 9.99. The van der Waals surface area contributed by atoms with Gasteiger partial charge in [0, 0.05) is 41.9 Å². The van der Waals surface area contributed by atoms with Crippen LogP contribution in [0.4, 0.5) is 0 Å². The topological polar surface area (TPSA) is 30.7 Å². The lowest BCUT2D eigenvalue weighted by molar-refractivity contribution is 1.09. The van der Waals surface area contributed by atoms with Gasteiger partial charge in [0.1, 0.15) is 0 Å². The van der Waals surface area contributed by atoms with Crippen molar-refractivity contribution in [2.24, 2.45) is 0 Å². The summed E-state index contributed by atoms with van der Waals surface area (Å²) in [5, 5.41) is 11.2. The summed E-state index contributed by atoms with van der Waals surface area (Å²) in [6, 6.07) is 50.2. The van der Waals surface area contributed by atoms with Crippen molar-refractivity contribution in [3.63, 3.8) is 0 Å². The molecule has 7 aromatic carbocycles. The third kappa shape index (κ3) is 3.50. The molecule has 0 saturated heterocycles. The second-order valence-corrected chi connectivity index (χ2v) is 14.2. The fourth-order valence-electron chi connectivity index (χ4n) is 7.53. The lowest BCUT2D eigenvalue weighted by Crippen LogP contribution is -2.01. The van der Waals surface area contributed by atoms with Gasteiger partial charge in [-0.25, -0.2) is 9.97 Å². The first-order chi connectivity index (χ1) is 23.3. The molecule has 218 valence electrons. The number of para-hydroxylation sites is 1. The van der Waals surface area contributed by atoms with E-state index in [1.807, 2.05) is 11.3 Å². The van der Waals surface area contributed by atoms with Crippen molar-refractivity contribution in [1.29, 1.82) is 0 Å². The van der Waals surface area contributed by atoms with Crippen molar-refractivity contribution < 1.29 is 0 Å². The number of hydrogen-bond acceptors (Lipinski definition) is 4. The molecule has 0 radical (unpaired) electrons. The first-order valence-corrected chi connectivity index (χ1v) is 17.4. The molecule has 11 aromatic rings. The largest absolute Gasteiger partial charge is 0.291 e. The molecule has 4 heterocycles. The van der Waals surface area contributed by atoms with Gasteiger partial charge in [0.05, 0.1) is 25.9 Å². The maximum Gasteiger partial charge on any atom is 0.162 e. The zero-order chi connectivity index (χ0) is 30.6. The Balaban J connectivity index is 1.37. The van der Waals surface area contributed by atoms with Crippen LogP contribution in [0, 0.1) is 0 Å². The normalized spacial score (nSPS) is 12.3. The van der Waals surface area contributed by atoms with Crippen LogP contribution in [0.3, 0.4) is 0 Å². The summed E-state index contributed by atoms with van der Waals surface area (Å²) in [4.78, 5) is 10.8. The van der Waals surface area contributed by atoms with Crippen molar-refractivity contribution in [2.45, 2.75) is 0 Å². The molecule has 0 aliphatic rings. The van der Waals surface area contributed by atoms with E-state index in [0.29, 0.717) is 0 Å². The molecule has 47 heavy (non-hydrogen) atoms. The third-order valence-electron chi connectivity index (χ3n) is 9.57. The fraction of sp³-hybridized carbons (Fsp3) is 0. The van der Waals surface area contributed by atoms with Gasteiger partial charge in [-0.1, -0.05) is 115 Å². The van der Waals surface area contributed by atoms with Crippen molar-refractivity contribution >= 4 is 106 Å². The minimum atomic E-state index is 0.737. The van der Waals surface area contributed by atoms with E-state index in [4.69, 9.17) is 9.97 Å². The summed E-state index contributed by atoms with van der Waals surface area (Å²) in [7, 11) is 0. The number of nitrogens with zero attached hydrogens (tertiary/aromatic N) is 3. The number of rotatable bonds is 2. The Hall–Kier alpha value is -5.62. The van der Waals surface area contributed by atoms with Crippen LogP contribution in [0.5, 0.6) is 0 Å². The van der Waals surface area contributed by atoms with E-state index in [1.54, 1.807) is 11.3 Å². The van der Waals surface area contributed by atoms with E-state index >= 15 is 0 Å². The molecule has 0 bridgehead atoms. The highest BCUT2D eigenvalue weighted by molar-refractivity contribution is 7.27. The van der Waals surface area contributed by atoms with E-state index in [1.165, 1.54) is 62.7 Å². The van der Waals surface area contributed by atoms with Crippen LogP contribution in [0.15, 0.2) is 140 Å². The molecule has 0 spiro atoms. The molecular weight excluding hydrogens is 611 g/mol. The molecule has 5 heteroatoms. The monoisotopic (exact) mass is 633 g/mol. The quantitative estimate of drug-likeness (QED) is 0.190. The smallest absolute Gasteiger partial charge is 0.162 e. The Morgan fingerprint density at radius 1 is 0.468 bits per heavy atom. The average Bonchev–Trinajstić information content (AvgIpc) is 3.81. The number of benzene rings is 7. The van der Waals surface area contributed by atoms with E-state index in [-0.39, 0.29) is 0 Å². The second kappa shape index (κ2) is 9.46. The van der Waals surface area contributed by atoms with Crippen LogP contribution < -0.4 is 0 Å². The standard InChI is InChI=1S/C42H23N3S2/c1-2-12-25-23-26(22-21-24(25)11-1)41-43-37-31-17-7-10-20-34(31)47-40(37)42(44-41)45-32-18-8-5-15-29(32)35-27-13-3-4-14-28(27)36-30-16-6-9-19-33(30)46-39(36)38(35)45/h1-23H. The SMILES string of the molecule is c1ccc2cc(-c3nc(-n4c5ccccc5c5c6ccccc6c6c7ccccc7sc6c54)c4sc5ccccc5c4n3)ccc2c1. The molecule has 0 atom stereocenters. The van der Waals surface area contributed by atoms with Gasteiger partial charge in [0.25, 0.3) is 0 Å². The molecule has 0 aliphatic heterocycles. The zero-order valence-electron chi connectivity index (χ0n) is 24.9. The Morgan fingerprint density at radius 2 is 1.09 bits per heavy atom. The first kappa shape index (κ1) is 25.6. The van der Waals surface area contributed by atoms with Gasteiger partial charge >= 0.3 is 0 Å². The minimum absolute atomic E-state index is 0.737. The maximum absolute atomic E-state index is 5.52. The van der Waals surface area contributed by atoms with Gasteiger partial charge in [-0.15, -0.1) is 22.7 Å². The predicted molar refractivity (Wildman–Crippen MR) is 203 cm³/mol.